The largest absolute Gasteiger partial charge is 0.271 e. The summed E-state index contributed by atoms with van der Waals surface area (Å²) in [7, 11) is 0. The van der Waals surface area contributed by atoms with E-state index in [-0.39, 0.29) is 6.04 Å². The first-order valence-corrected chi connectivity index (χ1v) is 5.77. The number of nitrogens with two attached hydrogens (primary N) is 1. The van der Waals surface area contributed by atoms with Crippen molar-refractivity contribution in [3.05, 3.63) is 40.2 Å². The van der Waals surface area contributed by atoms with Gasteiger partial charge in [0.1, 0.15) is 0 Å². The highest BCUT2D eigenvalue weighted by atomic mass is 35.5. The quantitative estimate of drug-likeness (QED) is 0.485. The van der Waals surface area contributed by atoms with Gasteiger partial charge in [-0.05, 0) is 18.9 Å². The van der Waals surface area contributed by atoms with Crippen molar-refractivity contribution in [2.24, 2.45) is 5.84 Å². The Kier molecular flexibility index (Phi) is 5.22. The second-order valence-electron chi connectivity index (χ2n) is 3.55. The zero-order valence-electron chi connectivity index (χ0n) is 9.13. The summed E-state index contributed by atoms with van der Waals surface area (Å²) in [6, 6.07) is 1.53. The van der Waals surface area contributed by atoms with Gasteiger partial charge in [0.25, 0.3) is 0 Å². The molecule has 0 aliphatic heterocycles. The molecule has 5 heteroatoms. The number of pyridine rings is 1. The average molecular weight is 260 g/mol. The second kappa shape index (κ2) is 6.21. The van der Waals surface area contributed by atoms with Crippen LogP contribution < -0.4 is 11.3 Å². The highest BCUT2D eigenvalue weighted by molar-refractivity contribution is 6.34. The van der Waals surface area contributed by atoms with Crippen LogP contribution in [0.1, 0.15) is 31.5 Å². The molecule has 0 saturated carbocycles. The van der Waals surface area contributed by atoms with Gasteiger partial charge in [-0.15, -0.1) is 0 Å². The average Bonchev–Trinajstić information content (AvgIpc) is 2.26. The minimum atomic E-state index is -0.128. The number of hydrogen-bond acceptors (Lipinski definition) is 3. The van der Waals surface area contributed by atoms with Gasteiger partial charge in [-0.25, -0.2) is 0 Å². The smallest absolute Gasteiger partial charge is 0.0776 e. The number of hydrogen-bond donors (Lipinski definition) is 2. The summed E-state index contributed by atoms with van der Waals surface area (Å²) in [6.45, 7) is 5.99. The zero-order valence-corrected chi connectivity index (χ0v) is 10.6. The van der Waals surface area contributed by atoms with Crippen molar-refractivity contribution in [2.45, 2.75) is 25.8 Å². The highest BCUT2D eigenvalue weighted by Gasteiger charge is 2.15. The molecule has 3 nitrogen and oxygen atoms in total. The number of nitrogens with zero attached hydrogens (tertiary/aromatic N) is 1. The van der Waals surface area contributed by atoms with Crippen LogP contribution >= 0.6 is 23.2 Å². The molecule has 1 heterocycles. The van der Waals surface area contributed by atoms with E-state index in [1.807, 2.05) is 6.92 Å². The molecule has 1 unspecified atom stereocenters. The summed E-state index contributed by atoms with van der Waals surface area (Å²) >= 11 is 11.8. The predicted molar refractivity (Wildman–Crippen MR) is 68.4 cm³/mol. The topological polar surface area (TPSA) is 50.9 Å². The molecule has 1 atom stereocenters. The van der Waals surface area contributed by atoms with Gasteiger partial charge in [-0.3, -0.25) is 16.3 Å². The van der Waals surface area contributed by atoms with E-state index in [9.17, 15) is 0 Å². The first-order valence-electron chi connectivity index (χ1n) is 5.02. The third-order valence-electron chi connectivity index (χ3n) is 2.36. The molecule has 0 spiro atoms. The number of hydrazine groups is 1. The molecule has 0 bridgehead atoms. The molecule has 0 aliphatic rings. The van der Waals surface area contributed by atoms with Gasteiger partial charge in [0.15, 0.2) is 0 Å². The van der Waals surface area contributed by atoms with Gasteiger partial charge in [0.05, 0.1) is 21.8 Å². The number of nitrogens with one attached hydrogen (secondary N) is 1. The molecule has 0 radical (unpaired) electrons. The Labute approximate surface area is 106 Å². The Morgan fingerprint density at radius 1 is 1.62 bits per heavy atom. The zero-order chi connectivity index (χ0) is 12.1. The summed E-state index contributed by atoms with van der Waals surface area (Å²) in [4.78, 5) is 4.19. The monoisotopic (exact) mass is 259 g/mol. The molecule has 0 fully saturated rings. The van der Waals surface area contributed by atoms with E-state index in [4.69, 9.17) is 29.0 Å². The molecule has 0 amide bonds. The van der Waals surface area contributed by atoms with Crippen LogP contribution in [0.5, 0.6) is 0 Å². The van der Waals surface area contributed by atoms with Crippen molar-refractivity contribution in [2.75, 3.05) is 0 Å². The van der Waals surface area contributed by atoms with Crippen LogP contribution in [0.25, 0.3) is 0 Å². The first-order chi connectivity index (χ1) is 7.58. The molecule has 1 aromatic heterocycles. The Balaban J connectivity index is 2.90. The van der Waals surface area contributed by atoms with E-state index in [0.29, 0.717) is 22.2 Å². The summed E-state index contributed by atoms with van der Waals surface area (Å²) in [5.74, 6) is 5.49. The number of halogens is 2. The van der Waals surface area contributed by atoms with Gasteiger partial charge in [0, 0.05) is 6.20 Å². The van der Waals surface area contributed by atoms with E-state index in [1.165, 1.54) is 0 Å². The van der Waals surface area contributed by atoms with Gasteiger partial charge in [-0.1, -0.05) is 42.3 Å². The SMILES string of the molecule is C=C(CC)CC(NN)c1ncc(Cl)cc1Cl. The lowest BCUT2D eigenvalue weighted by Crippen LogP contribution is -2.29. The normalized spacial score (nSPS) is 12.5. The van der Waals surface area contributed by atoms with E-state index in [0.717, 1.165) is 12.0 Å². The molecule has 0 aliphatic carbocycles. The van der Waals surface area contributed by atoms with Crippen LogP contribution in [0.2, 0.25) is 10.0 Å². The van der Waals surface area contributed by atoms with E-state index in [1.54, 1.807) is 12.3 Å². The van der Waals surface area contributed by atoms with Crippen molar-refractivity contribution in [1.82, 2.24) is 10.4 Å². The Bertz CT molecular complexity index is 379. The first kappa shape index (κ1) is 13.5. The van der Waals surface area contributed by atoms with Crippen LogP contribution in [0.15, 0.2) is 24.4 Å². The molecule has 1 aromatic rings. The van der Waals surface area contributed by atoms with E-state index >= 15 is 0 Å². The number of rotatable bonds is 5. The second-order valence-corrected chi connectivity index (χ2v) is 4.39. The molecule has 3 N–H and O–H groups in total. The van der Waals surface area contributed by atoms with Crippen molar-refractivity contribution in [3.8, 4) is 0 Å². The van der Waals surface area contributed by atoms with Crippen LogP contribution in [-0.4, -0.2) is 4.98 Å². The van der Waals surface area contributed by atoms with Gasteiger partial charge >= 0.3 is 0 Å². The van der Waals surface area contributed by atoms with Crippen molar-refractivity contribution < 1.29 is 0 Å². The summed E-state index contributed by atoms with van der Waals surface area (Å²) in [6.07, 6.45) is 3.17. The molecule has 1 rings (SSSR count). The van der Waals surface area contributed by atoms with Crippen molar-refractivity contribution in [1.29, 1.82) is 0 Å². The van der Waals surface area contributed by atoms with Crippen LogP contribution in [0, 0.1) is 0 Å². The van der Waals surface area contributed by atoms with Crippen molar-refractivity contribution in [3.63, 3.8) is 0 Å². The standard InChI is InChI=1S/C11H15Cl2N3/c1-3-7(2)4-10(16-14)11-9(13)5-8(12)6-15-11/h5-6,10,16H,2-4,14H2,1H3. The van der Waals surface area contributed by atoms with Crippen LogP contribution in [0.4, 0.5) is 0 Å². The Hall–Kier alpha value is -0.610. The maximum absolute atomic E-state index is 6.06. The maximum atomic E-state index is 6.06. The third kappa shape index (κ3) is 3.46. The van der Waals surface area contributed by atoms with Crippen LogP contribution in [-0.2, 0) is 0 Å². The molecule has 0 saturated heterocycles. The lowest BCUT2D eigenvalue weighted by molar-refractivity contribution is 0.532. The molecular formula is C11H15Cl2N3. The maximum Gasteiger partial charge on any atom is 0.0776 e. The fourth-order valence-electron chi connectivity index (χ4n) is 1.35. The Morgan fingerprint density at radius 3 is 2.81 bits per heavy atom. The highest BCUT2D eigenvalue weighted by Crippen LogP contribution is 2.27. The molecule has 88 valence electrons. The number of aromatic nitrogens is 1. The minimum absolute atomic E-state index is 0.128. The van der Waals surface area contributed by atoms with Gasteiger partial charge in [-0.2, -0.15) is 0 Å². The third-order valence-corrected chi connectivity index (χ3v) is 2.87. The van der Waals surface area contributed by atoms with Gasteiger partial charge < -0.3 is 0 Å². The van der Waals surface area contributed by atoms with E-state index < -0.39 is 0 Å². The Morgan fingerprint density at radius 2 is 2.31 bits per heavy atom. The summed E-state index contributed by atoms with van der Waals surface area (Å²) in [5, 5.41) is 1.03. The van der Waals surface area contributed by atoms with E-state index in [2.05, 4.69) is 17.0 Å². The molecule has 0 aromatic carbocycles. The molecule has 16 heavy (non-hydrogen) atoms. The van der Waals surface area contributed by atoms with Gasteiger partial charge in [0.2, 0.25) is 0 Å². The lowest BCUT2D eigenvalue weighted by atomic mass is 10.0. The predicted octanol–water partition coefficient (Wildman–Crippen LogP) is 3.25. The minimum Gasteiger partial charge on any atom is -0.271 e. The summed E-state index contributed by atoms with van der Waals surface area (Å²) < 4.78 is 0. The lowest BCUT2D eigenvalue weighted by Gasteiger charge is -2.17. The van der Waals surface area contributed by atoms with Crippen LogP contribution in [0.3, 0.4) is 0 Å². The fourth-order valence-corrected chi connectivity index (χ4v) is 1.86. The summed E-state index contributed by atoms with van der Waals surface area (Å²) in [5.41, 5.74) is 4.48. The fraction of sp³-hybridized carbons (Fsp3) is 0.364. The van der Waals surface area contributed by atoms with Crippen molar-refractivity contribution >= 4 is 23.2 Å². The molecular weight excluding hydrogens is 245 g/mol.